The molecule has 5 rings (SSSR count). The SMILES string of the molecule is [11CH3]N1CCN(c2ccccc2C[C@H]2CCN(c3ccc(C4(O)CCCC4)nc3)C2=O)CC1. The summed E-state index contributed by atoms with van der Waals surface area (Å²) in [6.45, 7) is 4.93. The number of para-hydroxylation sites is 1. The first kappa shape index (κ1) is 21.4. The molecule has 1 aliphatic carbocycles. The van der Waals surface area contributed by atoms with Crippen LogP contribution >= 0.6 is 0 Å². The van der Waals surface area contributed by atoms with E-state index in [1.807, 2.05) is 17.0 Å². The first-order chi connectivity index (χ1) is 15.5. The first-order valence-corrected chi connectivity index (χ1v) is 12.1. The quantitative estimate of drug-likeness (QED) is 0.785. The number of benzene rings is 1. The molecule has 3 fully saturated rings. The third-order valence-electron chi connectivity index (χ3n) is 7.59. The third kappa shape index (κ3) is 4.14. The summed E-state index contributed by atoms with van der Waals surface area (Å²) in [7, 11) is 2.17. The number of hydrogen-bond acceptors (Lipinski definition) is 5. The fraction of sp³-hybridized carbons (Fsp3) is 0.538. The molecule has 32 heavy (non-hydrogen) atoms. The summed E-state index contributed by atoms with van der Waals surface area (Å²) in [4.78, 5) is 24.5. The number of nitrogens with zero attached hydrogens (tertiary/aromatic N) is 4. The van der Waals surface area contributed by atoms with E-state index in [4.69, 9.17) is 0 Å². The summed E-state index contributed by atoms with van der Waals surface area (Å²) in [5.41, 5.74) is 3.35. The van der Waals surface area contributed by atoms with Crippen LogP contribution in [0.4, 0.5) is 11.4 Å². The lowest BCUT2D eigenvalue weighted by Crippen LogP contribution is -2.44. The van der Waals surface area contributed by atoms with Crippen LogP contribution in [0.15, 0.2) is 42.6 Å². The average Bonchev–Trinajstić information content (AvgIpc) is 3.42. The van der Waals surface area contributed by atoms with Gasteiger partial charge in [0.1, 0.15) is 5.60 Å². The maximum absolute atomic E-state index is 13.3. The van der Waals surface area contributed by atoms with Gasteiger partial charge in [-0.05, 0) is 56.5 Å². The Morgan fingerprint density at radius 3 is 2.50 bits per heavy atom. The highest BCUT2D eigenvalue weighted by Crippen LogP contribution is 2.38. The van der Waals surface area contributed by atoms with Crippen molar-refractivity contribution in [3.8, 4) is 0 Å². The highest BCUT2D eigenvalue weighted by Gasteiger charge is 2.36. The van der Waals surface area contributed by atoms with Crippen molar-refractivity contribution in [2.75, 3.05) is 49.6 Å². The predicted octanol–water partition coefficient (Wildman–Crippen LogP) is 3.19. The number of piperazine rings is 1. The van der Waals surface area contributed by atoms with Gasteiger partial charge in [0.05, 0.1) is 17.6 Å². The second-order valence-electron chi connectivity index (χ2n) is 9.74. The lowest BCUT2D eigenvalue weighted by atomic mass is 9.96. The van der Waals surface area contributed by atoms with Crippen molar-refractivity contribution in [1.29, 1.82) is 0 Å². The fourth-order valence-electron chi connectivity index (χ4n) is 5.53. The van der Waals surface area contributed by atoms with Crippen LogP contribution in [0.25, 0.3) is 0 Å². The Balaban J connectivity index is 1.27. The van der Waals surface area contributed by atoms with Crippen molar-refractivity contribution in [1.82, 2.24) is 9.88 Å². The van der Waals surface area contributed by atoms with Gasteiger partial charge in [0, 0.05) is 44.3 Å². The highest BCUT2D eigenvalue weighted by atomic mass is 16.3. The first-order valence-electron chi connectivity index (χ1n) is 12.1. The molecule has 2 aliphatic heterocycles. The number of rotatable bonds is 5. The summed E-state index contributed by atoms with van der Waals surface area (Å²) < 4.78 is 0. The van der Waals surface area contributed by atoms with Gasteiger partial charge >= 0.3 is 0 Å². The van der Waals surface area contributed by atoms with Crippen LogP contribution in [0.5, 0.6) is 0 Å². The molecular formula is C26H34N4O2. The van der Waals surface area contributed by atoms with E-state index in [1.54, 1.807) is 6.20 Å². The number of carbonyl (C=O) groups excluding carboxylic acids is 1. The van der Waals surface area contributed by atoms with Crippen LogP contribution in [0.2, 0.25) is 0 Å². The maximum Gasteiger partial charge on any atom is 0.230 e. The molecule has 0 unspecified atom stereocenters. The number of aliphatic hydroxyl groups is 1. The molecule has 6 heteroatoms. The average molecular weight is 434 g/mol. The molecule has 6 nitrogen and oxygen atoms in total. The van der Waals surface area contributed by atoms with E-state index in [0.717, 1.165) is 82.6 Å². The molecule has 1 atom stereocenters. The number of carbonyl (C=O) groups is 1. The number of amides is 1. The summed E-state index contributed by atoms with van der Waals surface area (Å²) in [6.07, 6.45) is 7.05. The van der Waals surface area contributed by atoms with Crippen molar-refractivity contribution in [2.45, 2.75) is 44.1 Å². The smallest absolute Gasteiger partial charge is 0.230 e. The van der Waals surface area contributed by atoms with Crippen LogP contribution < -0.4 is 9.80 Å². The van der Waals surface area contributed by atoms with E-state index in [9.17, 15) is 9.90 Å². The van der Waals surface area contributed by atoms with Gasteiger partial charge in [-0.3, -0.25) is 9.78 Å². The fourth-order valence-corrected chi connectivity index (χ4v) is 5.53. The molecule has 1 saturated carbocycles. The minimum atomic E-state index is -0.789. The molecule has 3 heterocycles. The van der Waals surface area contributed by atoms with E-state index in [0.29, 0.717) is 0 Å². The maximum atomic E-state index is 13.3. The Morgan fingerprint density at radius 2 is 1.78 bits per heavy atom. The molecule has 3 aliphatic rings. The Bertz CT molecular complexity index is 947. The van der Waals surface area contributed by atoms with E-state index in [2.05, 4.69) is 46.1 Å². The number of aromatic nitrogens is 1. The van der Waals surface area contributed by atoms with Crippen LogP contribution in [0, 0.1) is 5.92 Å². The highest BCUT2D eigenvalue weighted by molar-refractivity contribution is 5.97. The minimum absolute atomic E-state index is 0.00214. The number of hydrogen-bond donors (Lipinski definition) is 1. The lowest BCUT2D eigenvalue weighted by molar-refractivity contribution is -0.120. The standard InChI is InChI=1S/C26H34N4O2/c1-28-14-16-29(17-15-28)23-7-3-2-6-20(23)18-21-10-13-30(25(21)31)22-8-9-24(27-19-22)26(32)11-4-5-12-26/h2-3,6-9,19,21,32H,4-5,10-18H2,1H3/t21-/m1/s1/i1-1. The summed E-state index contributed by atoms with van der Waals surface area (Å²) in [6, 6.07) is 12.4. The summed E-state index contributed by atoms with van der Waals surface area (Å²) in [5.74, 6) is 0.189. The lowest BCUT2D eigenvalue weighted by Gasteiger charge is -2.35. The van der Waals surface area contributed by atoms with E-state index < -0.39 is 5.60 Å². The minimum Gasteiger partial charge on any atom is -0.384 e. The molecule has 170 valence electrons. The molecule has 1 aromatic heterocycles. The normalized spacial score (nSPS) is 23.8. The van der Waals surface area contributed by atoms with Gasteiger partial charge in [-0.2, -0.15) is 0 Å². The van der Waals surface area contributed by atoms with E-state index in [-0.39, 0.29) is 11.8 Å². The molecule has 2 aromatic rings. The van der Waals surface area contributed by atoms with Crippen molar-refractivity contribution >= 4 is 17.3 Å². The van der Waals surface area contributed by atoms with Crippen molar-refractivity contribution in [3.05, 3.63) is 53.9 Å². The summed E-state index contributed by atoms with van der Waals surface area (Å²) in [5, 5.41) is 10.8. The topological polar surface area (TPSA) is 59.9 Å². The van der Waals surface area contributed by atoms with Crippen LogP contribution in [-0.4, -0.2) is 60.7 Å². The van der Waals surface area contributed by atoms with Crippen molar-refractivity contribution in [2.24, 2.45) is 5.92 Å². The van der Waals surface area contributed by atoms with Gasteiger partial charge in [0.2, 0.25) is 5.91 Å². The van der Waals surface area contributed by atoms with Crippen LogP contribution in [0.1, 0.15) is 43.4 Å². The van der Waals surface area contributed by atoms with Gasteiger partial charge < -0.3 is 19.8 Å². The molecule has 2 saturated heterocycles. The van der Waals surface area contributed by atoms with Gasteiger partial charge in [-0.15, -0.1) is 0 Å². The Kier molecular flexibility index (Phi) is 5.91. The predicted molar refractivity (Wildman–Crippen MR) is 127 cm³/mol. The molecular weight excluding hydrogens is 399 g/mol. The van der Waals surface area contributed by atoms with Crippen LogP contribution in [-0.2, 0) is 16.8 Å². The third-order valence-corrected chi connectivity index (χ3v) is 7.59. The monoisotopic (exact) mass is 433 g/mol. The number of pyridine rings is 1. The van der Waals surface area contributed by atoms with Crippen molar-refractivity contribution < 1.29 is 9.90 Å². The molecule has 1 aromatic carbocycles. The van der Waals surface area contributed by atoms with Crippen molar-refractivity contribution in [3.63, 3.8) is 0 Å². The summed E-state index contributed by atoms with van der Waals surface area (Å²) >= 11 is 0. The molecule has 0 bridgehead atoms. The Hall–Kier alpha value is -2.44. The molecule has 0 radical (unpaired) electrons. The Morgan fingerprint density at radius 1 is 1.03 bits per heavy atom. The van der Waals surface area contributed by atoms with Gasteiger partial charge in [-0.25, -0.2) is 0 Å². The number of anilines is 2. The van der Waals surface area contributed by atoms with E-state index in [1.165, 1.54) is 11.3 Å². The Labute approximate surface area is 190 Å². The van der Waals surface area contributed by atoms with E-state index >= 15 is 0 Å². The van der Waals surface area contributed by atoms with Gasteiger partial charge in [0.25, 0.3) is 0 Å². The zero-order valence-electron chi connectivity index (χ0n) is 19.0. The second-order valence-corrected chi connectivity index (χ2v) is 9.74. The molecule has 1 amide bonds. The second kappa shape index (κ2) is 8.83. The number of likely N-dealkylation sites (N-methyl/N-ethyl adjacent to an activating group) is 1. The zero-order valence-corrected chi connectivity index (χ0v) is 19.0. The van der Waals surface area contributed by atoms with Gasteiger partial charge in [0.15, 0.2) is 0 Å². The largest absolute Gasteiger partial charge is 0.384 e. The molecule has 1 N–H and O–H groups in total. The zero-order chi connectivity index (χ0) is 22.1. The van der Waals surface area contributed by atoms with Crippen LogP contribution in [0.3, 0.4) is 0 Å². The molecule has 0 spiro atoms. The van der Waals surface area contributed by atoms with Gasteiger partial charge in [-0.1, -0.05) is 31.0 Å².